The molecule has 0 N–H and O–H groups in total. The lowest BCUT2D eigenvalue weighted by atomic mass is 9.80. The fourth-order valence-electron chi connectivity index (χ4n) is 2.30. The van der Waals surface area contributed by atoms with Gasteiger partial charge in [-0.3, -0.25) is 0 Å². The molecule has 2 radical (unpaired) electrons. The van der Waals surface area contributed by atoms with Crippen LogP contribution in [0.5, 0.6) is 0 Å². The molecule has 2 aromatic carbocycles. The molecular weight excluding hydrogens is 179 g/mol. The van der Waals surface area contributed by atoms with Crippen LogP contribution in [0.15, 0.2) is 36.4 Å². The fourth-order valence-corrected chi connectivity index (χ4v) is 2.30. The van der Waals surface area contributed by atoms with Crippen LogP contribution in [0, 0.1) is 0 Å². The van der Waals surface area contributed by atoms with E-state index in [-0.39, 0.29) is 0 Å². The van der Waals surface area contributed by atoms with Gasteiger partial charge in [-0.25, -0.2) is 0 Å². The maximum atomic E-state index is 6.19. The van der Waals surface area contributed by atoms with Gasteiger partial charge in [0.1, 0.15) is 7.85 Å². The Hall–Kier alpha value is -1.50. The summed E-state index contributed by atoms with van der Waals surface area (Å²) in [6.07, 6.45) is 6.60. The average Bonchev–Trinajstić information content (AvgIpc) is 2.30. The molecule has 1 heteroatoms. The number of fused-ring (bicyclic) bond motifs is 2. The first kappa shape index (κ1) is 8.78. The molecule has 0 spiro atoms. The van der Waals surface area contributed by atoms with Crippen LogP contribution in [-0.4, -0.2) is 7.85 Å². The van der Waals surface area contributed by atoms with E-state index in [1.165, 1.54) is 21.9 Å². The lowest BCUT2D eigenvalue weighted by Crippen LogP contribution is -2.13. The maximum Gasteiger partial charge on any atom is 0.115 e. The van der Waals surface area contributed by atoms with E-state index in [0.29, 0.717) is 0 Å². The Balaban J connectivity index is 2.42. The molecule has 15 heavy (non-hydrogen) atoms. The van der Waals surface area contributed by atoms with Crippen molar-refractivity contribution in [2.45, 2.75) is 12.8 Å². The van der Waals surface area contributed by atoms with Crippen molar-refractivity contribution >= 4 is 30.2 Å². The summed E-state index contributed by atoms with van der Waals surface area (Å²) in [6, 6.07) is 10.6. The van der Waals surface area contributed by atoms with Gasteiger partial charge in [0.15, 0.2) is 0 Å². The number of benzene rings is 2. The van der Waals surface area contributed by atoms with E-state index in [0.717, 1.165) is 18.3 Å². The van der Waals surface area contributed by atoms with Crippen LogP contribution in [0.1, 0.15) is 17.5 Å². The standard InChI is InChI=1S/C14H11B/c15-14-12-7-3-1-5-10(12)9-11-6-2-4-8-13(11)14/h1,3-5,7-9H,2,6H2. The third kappa shape index (κ3) is 1.31. The minimum Gasteiger partial charge on any atom is -0.0836 e. The lowest BCUT2D eigenvalue weighted by molar-refractivity contribution is 0.991. The van der Waals surface area contributed by atoms with Gasteiger partial charge in [-0.2, -0.15) is 0 Å². The molecule has 0 nitrogen and oxygen atoms in total. The van der Waals surface area contributed by atoms with E-state index in [1.54, 1.807) is 0 Å². The summed E-state index contributed by atoms with van der Waals surface area (Å²) in [7, 11) is 6.19. The van der Waals surface area contributed by atoms with Gasteiger partial charge in [-0.15, -0.1) is 0 Å². The molecule has 0 amide bonds. The zero-order valence-electron chi connectivity index (χ0n) is 8.53. The highest BCUT2D eigenvalue weighted by molar-refractivity contribution is 6.41. The number of allylic oxidation sites excluding steroid dienone is 1. The second-order valence-electron chi connectivity index (χ2n) is 4.03. The summed E-state index contributed by atoms with van der Waals surface area (Å²) in [5.41, 5.74) is 3.53. The normalized spacial score (nSPS) is 14.1. The SMILES string of the molecule is [B]c1c2c(cc3ccccc13)CCC=C2. The highest BCUT2D eigenvalue weighted by atomic mass is 14.1. The summed E-state index contributed by atoms with van der Waals surface area (Å²) in [6.45, 7) is 0. The molecule has 0 aromatic heterocycles. The van der Waals surface area contributed by atoms with Crippen LogP contribution in [0.25, 0.3) is 16.8 Å². The second kappa shape index (κ2) is 3.27. The minimum atomic E-state index is 0.930. The van der Waals surface area contributed by atoms with Crippen molar-refractivity contribution in [3.63, 3.8) is 0 Å². The van der Waals surface area contributed by atoms with Crippen molar-refractivity contribution in [1.29, 1.82) is 0 Å². The molecule has 0 unspecified atom stereocenters. The number of hydrogen-bond donors (Lipinski definition) is 0. The summed E-state index contributed by atoms with van der Waals surface area (Å²) >= 11 is 0. The van der Waals surface area contributed by atoms with Crippen LogP contribution in [0.3, 0.4) is 0 Å². The lowest BCUT2D eigenvalue weighted by Gasteiger charge is -2.16. The molecule has 2 aromatic rings. The van der Waals surface area contributed by atoms with Gasteiger partial charge in [-0.05, 0) is 34.7 Å². The van der Waals surface area contributed by atoms with Crippen molar-refractivity contribution in [3.05, 3.63) is 47.5 Å². The largest absolute Gasteiger partial charge is 0.115 e. The molecule has 0 fully saturated rings. The van der Waals surface area contributed by atoms with Crippen molar-refractivity contribution in [1.82, 2.24) is 0 Å². The molecule has 0 heterocycles. The van der Waals surface area contributed by atoms with Crippen molar-refractivity contribution < 1.29 is 0 Å². The summed E-state index contributed by atoms with van der Waals surface area (Å²) in [5, 5.41) is 2.42. The van der Waals surface area contributed by atoms with Gasteiger partial charge in [0.2, 0.25) is 0 Å². The van der Waals surface area contributed by atoms with Crippen LogP contribution in [-0.2, 0) is 6.42 Å². The van der Waals surface area contributed by atoms with Gasteiger partial charge >= 0.3 is 0 Å². The molecule has 0 bridgehead atoms. The molecule has 1 aliphatic rings. The minimum absolute atomic E-state index is 0.930. The number of rotatable bonds is 0. The monoisotopic (exact) mass is 190 g/mol. The van der Waals surface area contributed by atoms with E-state index in [2.05, 4.69) is 36.4 Å². The maximum absolute atomic E-state index is 6.19. The fraction of sp³-hybridized carbons (Fsp3) is 0.143. The molecule has 0 atom stereocenters. The first-order chi connectivity index (χ1) is 7.36. The summed E-state index contributed by atoms with van der Waals surface area (Å²) < 4.78 is 0. The van der Waals surface area contributed by atoms with Gasteiger partial charge in [0.05, 0.1) is 0 Å². The Morgan fingerprint density at radius 1 is 1.13 bits per heavy atom. The predicted octanol–water partition coefficient (Wildman–Crippen LogP) is 2.59. The van der Waals surface area contributed by atoms with E-state index < -0.39 is 0 Å². The van der Waals surface area contributed by atoms with Gasteiger partial charge in [0, 0.05) is 0 Å². The zero-order chi connectivity index (χ0) is 10.3. The molecular formula is C14H11B. The van der Waals surface area contributed by atoms with E-state index in [4.69, 9.17) is 7.85 Å². The van der Waals surface area contributed by atoms with Crippen LogP contribution >= 0.6 is 0 Å². The van der Waals surface area contributed by atoms with Crippen molar-refractivity contribution in [3.8, 4) is 0 Å². The van der Waals surface area contributed by atoms with Crippen LogP contribution < -0.4 is 5.46 Å². The Bertz CT molecular complexity index is 553. The first-order valence-electron chi connectivity index (χ1n) is 5.33. The summed E-state index contributed by atoms with van der Waals surface area (Å²) in [4.78, 5) is 0. The topological polar surface area (TPSA) is 0 Å². The van der Waals surface area contributed by atoms with E-state index >= 15 is 0 Å². The van der Waals surface area contributed by atoms with Gasteiger partial charge in [0.25, 0.3) is 0 Å². The molecule has 0 saturated carbocycles. The zero-order valence-corrected chi connectivity index (χ0v) is 8.53. The Labute approximate surface area is 91.0 Å². The van der Waals surface area contributed by atoms with Crippen LogP contribution in [0.2, 0.25) is 0 Å². The summed E-state index contributed by atoms with van der Waals surface area (Å²) in [5.74, 6) is 0. The average molecular weight is 190 g/mol. The molecule has 1 aliphatic carbocycles. The third-order valence-electron chi connectivity index (χ3n) is 3.08. The van der Waals surface area contributed by atoms with Crippen LogP contribution in [0.4, 0.5) is 0 Å². The van der Waals surface area contributed by atoms with Gasteiger partial charge < -0.3 is 0 Å². The quantitative estimate of drug-likeness (QED) is 0.560. The Morgan fingerprint density at radius 2 is 2.00 bits per heavy atom. The first-order valence-corrected chi connectivity index (χ1v) is 5.33. The smallest absolute Gasteiger partial charge is 0.0836 e. The Morgan fingerprint density at radius 3 is 2.93 bits per heavy atom. The number of aryl methyl sites for hydroxylation is 1. The third-order valence-corrected chi connectivity index (χ3v) is 3.08. The molecule has 3 rings (SSSR count). The van der Waals surface area contributed by atoms with Gasteiger partial charge in [-0.1, -0.05) is 47.9 Å². The van der Waals surface area contributed by atoms with E-state index in [1.807, 2.05) is 6.07 Å². The van der Waals surface area contributed by atoms with Crippen molar-refractivity contribution in [2.75, 3.05) is 0 Å². The molecule has 0 saturated heterocycles. The second-order valence-corrected chi connectivity index (χ2v) is 4.03. The predicted molar refractivity (Wildman–Crippen MR) is 66.7 cm³/mol. The van der Waals surface area contributed by atoms with Crippen molar-refractivity contribution in [2.24, 2.45) is 0 Å². The number of hydrogen-bond acceptors (Lipinski definition) is 0. The molecule has 70 valence electrons. The Kier molecular flexibility index (Phi) is 1.91. The highest BCUT2D eigenvalue weighted by Gasteiger charge is 2.09. The van der Waals surface area contributed by atoms with E-state index in [9.17, 15) is 0 Å². The highest BCUT2D eigenvalue weighted by Crippen LogP contribution is 2.22. The molecule has 0 aliphatic heterocycles.